The first kappa shape index (κ1) is 8.71. The summed E-state index contributed by atoms with van der Waals surface area (Å²) < 4.78 is 0. The molecule has 0 amide bonds. The molecule has 1 rings (SSSR count). The highest BCUT2D eigenvalue weighted by Gasteiger charge is 2.02. The molecule has 0 aliphatic heterocycles. The maximum Gasteiger partial charge on any atom is 0.124 e. The van der Waals surface area contributed by atoms with Crippen LogP contribution in [0.5, 0.6) is 0 Å². The minimum Gasteiger partial charge on any atom is -0.377 e. The normalized spacial score (nSPS) is 9.50. The fraction of sp³-hybridized carbons (Fsp3) is 0.333. The Morgan fingerprint density at radius 1 is 1.58 bits per heavy atom. The number of hydrogen-bond acceptors (Lipinski definition) is 3. The van der Waals surface area contributed by atoms with E-state index in [-0.39, 0.29) is 0 Å². The number of pyridine rings is 1. The van der Waals surface area contributed by atoms with Crippen LogP contribution in [0.25, 0.3) is 0 Å². The van der Waals surface area contributed by atoms with Gasteiger partial charge in [0.15, 0.2) is 0 Å². The van der Waals surface area contributed by atoms with Gasteiger partial charge in [-0.1, -0.05) is 0 Å². The monoisotopic (exact) mass is 164 g/mol. The lowest BCUT2D eigenvalue weighted by atomic mass is 10.2. The molecule has 0 aromatic carbocycles. The Bertz CT molecular complexity index is 271. The van der Waals surface area contributed by atoms with E-state index in [2.05, 4.69) is 4.98 Å². The Morgan fingerprint density at radius 2 is 2.33 bits per heavy atom. The quantitative estimate of drug-likeness (QED) is 0.622. The lowest BCUT2D eigenvalue weighted by Gasteiger charge is -2.15. The van der Waals surface area contributed by atoms with Gasteiger partial charge in [-0.05, 0) is 6.07 Å². The number of aldehydes is 1. The molecule has 0 N–H and O–H groups in total. The van der Waals surface area contributed by atoms with E-state index >= 15 is 0 Å². The van der Waals surface area contributed by atoms with Gasteiger partial charge in [-0.2, -0.15) is 0 Å². The highest BCUT2D eigenvalue weighted by atomic mass is 16.1. The minimum absolute atomic E-state index is 0.432. The lowest BCUT2D eigenvalue weighted by Crippen LogP contribution is -2.11. The van der Waals surface area contributed by atoms with Gasteiger partial charge in [-0.3, -0.25) is 4.98 Å². The van der Waals surface area contributed by atoms with Crippen molar-refractivity contribution in [2.45, 2.75) is 6.42 Å². The van der Waals surface area contributed by atoms with E-state index in [1.807, 2.05) is 25.1 Å². The fourth-order valence-electron chi connectivity index (χ4n) is 1.10. The van der Waals surface area contributed by atoms with E-state index in [1.54, 1.807) is 12.4 Å². The molecule has 12 heavy (non-hydrogen) atoms. The summed E-state index contributed by atoms with van der Waals surface area (Å²) >= 11 is 0. The maximum atomic E-state index is 10.3. The molecule has 0 spiro atoms. The molecule has 1 aromatic rings. The van der Waals surface area contributed by atoms with Crippen molar-refractivity contribution in [1.82, 2.24) is 4.98 Å². The Kier molecular flexibility index (Phi) is 2.80. The van der Waals surface area contributed by atoms with Crippen LogP contribution >= 0.6 is 0 Å². The average Bonchev–Trinajstić information content (AvgIpc) is 2.05. The van der Waals surface area contributed by atoms with Crippen LogP contribution < -0.4 is 4.90 Å². The molecule has 1 heterocycles. The summed E-state index contributed by atoms with van der Waals surface area (Å²) in [5.74, 6) is 0. The second-order valence-electron chi connectivity index (χ2n) is 2.77. The summed E-state index contributed by atoms with van der Waals surface area (Å²) in [4.78, 5) is 16.2. The third kappa shape index (κ3) is 1.81. The van der Waals surface area contributed by atoms with Gasteiger partial charge in [0.2, 0.25) is 0 Å². The maximum absolute atomic E-state index is 10.3. The highest BCUT2D eigenvalue weighted by Crippen LogP contribution is 2.15. The molecule has 0 saturated carbocycles. The van der Waals surface area contributed by atoms with Gasteiger partial charge >= 0.3 is 0 Å². The Morgan fingerprint density at radius 3 is 2.92 bits per heavy atom. The summed E-state index contributed by atoms with van der Waals surface area (Å²) in [6, 6.07) is 1.90. The predicted octanol–water partition coefficient (Wildman–Crippen LogP) is 0.889. The summed E-state index contributed by atoms with van der Waals surface area (Å²) in [6.45, 7) is 0. The van der Waals surface area contributed by atoms with Crippen LogP contribution in [0.15, 0.2) is 18.5 Å². The summed E-state index contributed by atoms with van der Waals surface area (Å²) in [5.41, 5.74) is 2.02. The molecule has 0 aliphatic carbocycles. The van der Waals surface area contributed by atoms with E-state index in [9.17, 15) is 4.79 Å². The number of nitrogens with zero attached hydrogens (tertiary/aromatic N) is 2. The molecule has 3 nitrogen and oxygen atoms in total. The predicted molar refractivity (Wildman–Crippen MR) is 48.3 cm³/mol. The van der Waals surface area contributed by atoms with E-state index in [0.717, 1.165) is 17.5 Å². The third-order valence-electron chi connectivity index (χ3n) is 1.66. The van der Waals surface area contributed by atoms with Crippen molar-refractivity contribution in [2.75, 3.05) is 19.0 Å². The first-order chi connectivity index (χ1) is 5.75. The van der Waals surface area contributed by atoms with Crippen molar-refractivity contribution in [3.05, 3.63) is 24.0 Å². The van der Waals surface area contributed by atoms with Gasteiger partial charge in [-0.15, -0.1) is 0 Å². The molecule has 0 atom stereocenters. The zero-order valence-electron chi connectivity index (χ0n) is 7.32. The van der Waals surface area contributed by atoms with Crippen molar-refractivity contribution in [3.63, 3.8) is 0 Å². The van der Waals surface area contributed by atoms with Crippen LogP contribution in [0.3, 0.4) is 0 Å². The lowest BCUT2D eigenvalue weighted by molar-refractivity contribution is -0.107. The molecular weight excluding hydrogens is 152 g/mol. The Labute approximate surface area is 72.0 Å². The molecule has 0 bridgehead atoms. The molecule has 64 valence electrons. The minimum atomic E-state index is 0.432. The van der Waals surface area contributed by atoms with Crippen LogP contribution in [0, 0.1) is 0 Å². The number of carbonyl (C=O) groups is 1. The number of carbonyl (C=O) groups excluding carboxylic acids is 1. The Hall–Kier alpha value is -1.38. The van der Waals surface area contributed by atoms with E-state index in [4.69, 9.17) is 0 Å². The van der Waals surface area contributed by atoms with Crippen molar-refractivity contribution in [1.29, 1.82) is 0 Å². The van der Waals surface area contributed by atoms with E-state index in [1.165, 1.54) is 0 Å². The van der Waals surface area contributed by atoms with Crippen LogP contribution in [-0.2, 0) is 11.2 Å². The van der Waals surface area contributed by atoms with E-state index < -0.39 is 0 Å². The zero-order chi connectivity index (χ0) is 8.97. The largest absolute Gasteiger partial charge is 0.377 e. The summed E-state index contributed by atoms with van der Waals surface area (Å²) in [5, 5.41) is 0. The summed E-state index contributed by atoms with van der Waals surface area (Å²) in [6.07, 6.45) is 4.78. The Balaban J connectivity index is 2.99. The van der Waals surface area contributed by atoms with Crippen LogP contribution in [0.1, 0.15) is 5.56 Å². The summed E-state index contributed by atoms with van der Waals surface area (Å²) in [7, 11) is 3.90. The van der Waals surface area contributed by atoms with Gasteiger partial charge in [0.25, 0.3) is 0 Å². The molecule has 0 aliphatic rings. The van der Waals surface area contributed by atoms with Crippen LogP contribution in [0.4, 0.5) is 5.69 Å². The second-order valence-corrected chi connectivity index (χ2v) is 2.77. The zero-order valence-corrected chi connectivity index (χ0v) is 7.32. The van der Waals surface area contributed by atoms with Crippen LogP contribution in [-0.4, -0.2) is 25.4 Å². The van der Waals surface area contributed by atoms with Gasteiger partial charge in [0.05, 0.1) is 0 Å². The first-order valence-electron chi connectivity index (χ1n) is 3.79. The smallest absolute Gasteiger partial charge is 0.124 e. The molecule has 0 fully saturated rings. The van der Waals surface area contributed by atoms with Crippen molar-refractivity contribution < 1.29 is 4.79 Å². The molecule has 3 heteroatoms. The van der Waals surface area contributed by atoms with Crippen molar-refractivity contribution >= 4 is 12.0 Å². The molecular formula is C9H12N2O. The first-order valence-corrected chi connectivity index (χ1v) is 3.79. The average molecular weight is 164 g/mol. The number of hydrogen-bond donors (Lipinski definition) is 0. The third-order valence-corrected chi connectivity index (χ3v) is 1.66. The second kappa shape index (κ2) is 3.85. The number of anilines is 1. The van der Waals surface area contributed by atoms with Crippen molar-refractivity contribution in [3.8, 4) is 0 Å². The molecule has 0 saturated heterocycles. The number of rotatable bonds is 3. The van der Waals surface area contributed by atoms with Crippen LogP contribution in [0.2, 0.25) is 0 Å². The molecule has 1 aromatic heterocycles. The van der Waals surface area contributed by atoms with Gasteiger partial charge in [0.1, 0.15) is 6.29 Å². The molecule has 0 unspecified atom stereocenters. The SMILES string of the molecule is CN(C)c1ccncc1CC=O. The highest BCUT2D eigenvalue weighted by molar-refractivity contribution is 5.62. The fourth-order valence-corrected chi connectivity index (χ4v) is 1.10. The van der Waals surface area contributed by atoms with E-state index in [0.29, 0.717) is 6.42 Å². The van der Waals surface area contributed by atoms with Crippen molar-refractivity contribution in [2.24, 2.45) is 0 Å². The standard InChI is InChI=1S/C9H12N2O/c1-11(2)9-3-5-10-7-8(9)4-6-12/h3,5-7H,4H2,1-2H3. The number of aromatic nitrogens is 1. The topological polar surface area (TPSA) is 33.2 Å². The molecule has 0 radical (unpaired) electrons. The van der Waals surface area contributed by atoms with Gasteiger partial charge in [0, 0.05) is 44.2 Å². The van der Waals surface area contributed by atoms with Gasteiger partial charge < -0.3 is 9.69 Å². The van der Waals surface area contributed by atoms with Gasteiger partial charge in [-0.25, -0.2) is 0 Å².